The van der Waals surface area contributed by atoms with Crippen LogP contribution in [-0.4, -0.2) is 68.4 Å². The summed E-state index contributed by atoms with van der Waals surface area (Å²) < 4.78 is 19.7. The molecule has 172 valence electrons. The number of thiophene rings is 1. The standard InChI is InChI=1S/C22H24O9S/c1-15(17-7-8-18(32-17)21(26)16-5-3-2-4-6-16)22(27)31-12-10-29-14-20(25)30-11-9-28-13-19(23)24/h2-8,15H,9-14H2,1H3,(H,23,24). The quantitative estimate of drug-likeness (QED) is 0.255. The first kappa shape index (κ1) is 25.2. The number of aliphatic carboxylic acids is 1. The second-order valence-electron chi connectivity index (χ2n) is 6.51. The predicted octanol–water partition coefficient (Wildman–Crippen LogP) is 2.29. The topological polar surface area (TPSA) is 125 Å². The summed E-state index contributed by atoms with van der Waals surface area (Å²) in [5.74, 6) is -2.86. The Morgan fingerprint density at radius 3 is 2.22 bits per heavy atom. The van der Waals surface area contributed by atoms with Gasteiger partial charge in [-0.1, -0.05) is 30.3 Å². The molecule has 1 N–H and O–H groups in total. The van der Waals surface area contributed by atoms with Crippen molar-refractivity contribution >= 4 is 35.0 Å². The van der Waals surface area contributed by atoms with E-state index in [1.807, 2.05) is 6.07 Å². The Morgan fingerprint density at radius 2 is 1.53 bits per heavy atom. The molecule has 0 radical (unpaired) electrons. The third kappa shape index (κ3) is 8.58. The number of carboxylic acids is 1. The minimum atomic E-state index is -1.11. The van der Waals surface area contributed by atoms with Crippen molar-refractivity contribution in [3.05, 3.63) is 57.8 Å². The Kier molecular flexibility index (Phi) is 10.5. The van der Waals surface area contributed by atoms with Crippen LogP contribution >= 0.6 is 11.3 Å². The summed E-state index contributed by atoms with van der Waals surface area (Å²) >= 11 is 1.25. The van der Waals surface area contributed by atoms with Crippen molar-refractivity contribution in [3.8, 4) is 0 Å². The van der Waals surface area contributed by atoms with Crippen LogP contribution in [0.3, 0.4) is 0 Å². The molecule has 0 aliphatic heterocycles. The maximum absolute atomic E-state index is 12.5. The molecule has 1 aromatic carbocycles. The van der Waals surface area contributed by atoms with Gasteiger partial charge in [-0.2, -0.15) is 0 Å². The molecular weight excluding hydrogens is 440 g/mol. The molecule has 32 heavy (non-hydrogen) atoms. The van der Waals surface area contributed by atoms with Gasteiger partial charge in [-0.25, -0.2) is 9.59 Å². The van der Waals surface area contributed by atoms with Crippen LogP contribution in [0.25, 0.3) is 0 Å². The Labute approximate surface area is 188 Å². The summed E-state index contributed by atoms with van der Waals surface area (Å²) in [7, 11) is 0. The summed E-state index contributed by atoms with van der Waals surface area (Å²) in [6.45, 7) is 0.739. The van der Waals surface area contributed by atoms with E-state index in [2.05, 4.69) is 0 Å². The number of carbonyl (C=O) groups is 4. The second-order valence-corrected chi connectivity index (χ2v) is 7.62. The zero-order valence-corrected chi connectivity index (χ0v) is 18.3. The Balaban J connectivity index is 1.64. The molecule has 0 aliphatic carbocycles. The number of carbonyl (C=O) groups excluding carboxylic acids is 3. The van der Waals surface area contributed by atoms with E-state index < -0.39 is 30.4 Å². The van der Waals surface area contributed by atoms with Crippen molar-refractivity contribution in [2.45, 2.75) is 12.8 Å². The van der Waals surface area contributed by atoms with Gasteiger partial charge in [0.1, 0.15) is 26.4 Å². The third-order valence-electron chi connectivity index (χ3n) is 4.08. The number of rotatable bonds is 14. The van der Waals surface area contributed by atoms with Gasteiger partial charge in [-0.3, -0.25) is 9.59 Å². The van der Waals surface area contributed by atoms with E-state index in [0.29, 0.717) is 15.3 Å². The molecule has 0 saturated heterocycles. The highest BCUT2D eigenvalue weighted by molar-refractivity contribution is 7.14. The maximum atomic E-state index is 12.5. The molecule has 1 unspecified atom stereocenters. The minimum absolute atomic E-state index is 0.00522. The van der Waals surface area contributed by atoms with Gasteiger partial charge in [0.2, 0.25) is 5.78 Å². The van der Waals surface area contributed by atoms with E-state index in [-0.39, 0.29) is 38.8 Å². The molecule has 10 heteroatoms. The van der Waals surface area contributed by atoms with Gasteiger partial charge in [-0.15, -0.1) is 11.3 Å². The van der Waals surface area contributed by atoms with Gasteiger partial charge in [0.25, 0.3) is 0 Å². The highest BCUT2D eigenvalue weighted by Crippen LogP contribution is 2.27. The first-order valence-corrected chi connectivity index (χ1v) is 10.6. The number of carboxylic acid groups (broad SMARTS) is 1. The van der Waals surface area contributed by atoms with Crippen molar-refractivity contribution in [2.75, 3.05) is 39.6 Å². The lowest BCUT2D eigenvalue weighted by Crippen LogP contribution is -2.20. The molecule has 0 bridgehead atoms. The van der Waals surface area contributed by atoms with Crippen molar-refractivity contribution in [1.82, 2.24) is 0 Å². The number of esters is 2. The molecule has 0 saturated carbocycles. The maximum Gasteiger partial charge on any atom is 0.332 e. The molecular formula is C22H24O9S. The van der Waals surface area contributed by atoms with E-state index in [9.17, 15) is 19.2 Å². The van der Waals surface area contributed by atoms with E-state index in [1.54, 1.807) is 43.3 Å². The summed E-state index contributed by atoms with van der Waals surface area (Å²) in [5.41, 5.74) is 0.583. The number of ether oxygens (including phenoxy) is 4. The van der Waals surface area contributed by atoms with Crippen LogP contribution in [0.15, 0.2) is 42.5 Å². The fourth-order valence-corrected chi connectivity index (χ4v) is 3.46. The van der Waals surface area contributed by atoms with E-state index in [4.69, 9.17) is 24.1 Å². The molecule has 1 aromatic heterocycles. The monoisotopic (exact) mass is 464 g/mol. The van der Waals surface area contributed by atoms with Gasteiger partial charge >= 0.3 is 17.9 Å². The Morgan fingerprint density at radius 1 is 0.875 bits per heavy atom. The van der Waals surface area contributed by atoms with Gasteiger partial charge in [0, 0.05) is 10.4 Å². The number of hydrogen-bond acceptors (Lipinski definition) is 9. The summed E-state index contributed by atoms with van der Waals surface area (Å²) in [5, 5.41) is 8.39. The number of benzene rings is 1. The first-order valence-electron chi connectivity index (χ1n) is 9.77. The molecule has 0 aliphatic rings. The molecule has 1 atom stereocenters. The highest BCUT2D eigenvalue weighted by atomic mass is 32.1. The van der Waals surface area contributed by atoms with Crippen molar-refractivity contribution in [2.24, 2.45) is 0 Å². The predicted molar refractivity (Wildman–Crippen MR) is 114 cm³/mol. The van der Waals surface area contributed by atoms with Crippen molar-refractivity contribution in [3.63, 3.8) is 0 Å². The molecule has 2 aromatic rings. The largest absolute Gasteiger partial charge is 0.480 e. The Bertz CT molecular complexity index is 907. The van der Waals surface area contributed by atoms with E-state index >= 15 is 0 Å². The lowest BCUT2D eigenvalue weighted by molar-refractivity contribution is -0.153. The zero-order chi connectivity index (χ0) is 23.3. The van der Waals surface area contributed by atoms with Gasteiger partial charge in [-0.05, 0) is 19.1 Å². The van der Waals surface area contributed by atoms with Crippen LogP contribution in [0, 0.1) is 0 Å². The average Bonchev–Trinajstić information content (AvgIpc) is 3.28. The first-order chi connectivity index (χ1) is 15.4. The van der Waals surface area contributed by atoms with E-state index in [0.717, 1.165) is 0 Å². The summed E-state index contributed by atoms with van der Waals surface area (Å²) in [6.07, 6.45) is 0. The molecule has 1 heterocycles. The lowest BCUT2D eigenvalue weighted by atomic mass is 10.1. The van der Waals surface area contributed by atoms with Crippen LogP contribution < -0.4 is 0 Å². The molecule has 0 fully saturated rings. The van der Waals surface area contributed by atoms with Crippen molar-refractivity contribution < 1.29 is 43.2 Å². The van der Waals surface area contributed by atoms with Crippen molar-refractivity contribution in [1.29, 1.82) is 0 Å². The van der Waals surface area contributed by atoms with Gasteiger partial charge in [0.05, 0.1) is 24.0 Å². The fourth-order valence-electron chi connectivity index (χ4n) is 2.45. The van der Waals surface area contributed by atoms with Gasteiger partial charge in [0.15, 0.2) is 0 Å². The molecule has 0 amide bonds. The highest BCUT2D eigenvalue weighted by Gasteiger charge is 2.21. The smallest absolute Gasteiger partial charge is 0.332 e. The average molecular weight is 464 g/mol. The van der Waals surface area contributed by atoms with Crippen LogP contribution in [-0.2, 0) is 33.3 Å². The molecule has 9 nitrogen and oxygen atoms in total. The van der Waals surface area contributed by atoms with Gasteiger partial charge < -0.3 is 24.1 Å². The summed E-state index contributed by atoms with van der Waals surface area (Å²) in [6, 6.07) is 12.3. The van der Waals surface area contributed by atoms with Crippen LogP contribution in [0.1, 0.15) is 33.0 Å². The number of ketones is 1. The third-order valence-corrected chi connectivity index (χ3v) is 5.34. The lowest BCUT2D eigenvalue weighted by Gasteiger charge is -2.10. The SMILES string of the molecule is CC(C(=O)OCCOCC(=O)OCCOCC(=O)O)c1ccc(C(=O)c2ccccc2)s1. The number of hydrogen-bond donors (Lipinski definition) is 1. The van der Waals surface area contributed by atoms with Crippen LogP contribution in [0.4, 0.5) is 0 Å². The normalized spacial score (nSPS) is 11.5. The van der Waals surface area contributed by atoms with Crippen LogP contribution in [0.2, 0.25) is 0 Å². The summed E-state index contributed by atoms with van der Waals surface area (Å²) in [4.78, 5) is 47.7. The fraction of sp³-hybridized carbons (Fsp3) is 0.364. The molecule has 0 spiro atoms. The second kappa shape index (κ2) is 13.4. The molecule has 2 rings (SSSR count). The zero-order valence-electron chi connectivity index (χ0n) is 17.5. The van der Waals surface area contributed by atoms with E-state index in [1.165, 1.54) is 11.3 Å². The Hall–Kier alpha value is -3.08. The van der Waals surface area contributed by atoms with Crippen LogP contribution in [0.5, 0.6) is 0 Å². The minimum Gasteiger partial charge on any atom is -0.480 e.